The highest BCUT2D eigenvalue weighted by Gasteiger charge is 2.37. The average molecular weight is 479 g/mol. The van der Waals surface area contributed by atoms with Gasteiger partial charge in [0.1, 0.15) is 11.5 Å². The van der Waals surface area contributed by atoms with Crippen molar-refractivity contribution in [3.63, 3.8) is 0 Å². The number of carbonyl (C=O) groups is 1. The first kappa shape index (κ1) is 24.0. The topological polar surface area (TPSA) is 95.4 Å². The van der Waals surface area contributed by atoms with Gasteiger partial charge < -0.3 is 15.5 Å². The molecule has 0 aliphatic carbocycles. The van der Waals surface area contributed by atoms with Gasteiger partial charge in [-0.25, -0.2) is 10.0 Å². The molecule has 1 amide bonds. The van der Waals surface area contributed by atoms with E-state index in [4.69, 9.17) is 10.7 Å². The van der Waals surface area contributed by atoms with Crippen LogP contribution in [0.4, 0.5) is 13.2 Å². The number of aliphatic imine (C=N–C) groups is 1. The van der Waals surface area contributed by atoms with Crippen molar-refractivity contribution in [2.45, 2.75) is 50.9 Å². The highest BCUT2D eigenvalue weighted by atomic mass is 19.4. The Labute approximate surface area is 196 Å². The predicted octanol–water partition coefficient (Wildman–Crippen LogP) is 2.54. The number of amides is 1. The number of hydrogen-bond acceptors (Lipinski definition) is 7. The van der Waals surface area contributed by atoms with Crippen LogP contribution in [0.15, 0.2) is 39.8 Å². The zero-order valence-electron chi connectivity index (χ0n) is 19.3. The molecule has 184 valence electrons. The molecule has 2 saturated heterocycles. The molecule has 2 fully saturated rings. The molecule has 12 heteroatoms. The molecule has 1 aromatic heterocycles. The Morgan fingerprint density at radius 3 is 2.68 bits per heavy atom. The van der Waals surface area contributed by atoms with Crippen molar-refractivity contribution in [2.24, 2.45) is 22.9 Å². The number of nitrogens with two attached hydrogens (primary N) is 1. The van der Waals surface area contributed by atoms with Crippen molar-refractivity contribution in [1.82, 2.24) is 24.6 Å². The van der Waals surface area contributed by atoms with E-state index in [2.05, 4.69) is 21.8 Å². The fourth-order valence-corrected chi connectivity index (χ4v) is 4.62. The van der Waals surface area contributed by atoms with Crippen molar-refractivity contribution in [3.8, 4) is 0 Å². The minimum atomic E-state index is -4.59. The third-order valence-corrected chi connectivity index (χ3v) is 6.34. The molecule has 4 heterocycles. The second-order valence-electron chi connectivity index (χ2n) is 8.85. The van der Waals surface area contributed by atoms with Crippen LogP contribution in [-0.4, -0.2) is 74.8 Å². The molecular formula is C22H29F3N8O. The second kappa shape index (κ2) is 9.24. The third kappa shape index (κ3) is 4.72. The number of piperidine rings is 1. The van der Waals surface area contributed by atoms with Gasteiger partial charge >= 0.3 is 6.18 Å². The van der Waals surface area contributed by atoms with Crippen molar-refractivity contribution < 1.29 is 18.0 Å². The zero-order valence-corrected chi connectivity index (χ0v) is 19.3. The van der Waals surface area contributed by atoms with Crippen LogP contribution >= 0.6 is 0 Å². The maximum atomic E-state index is 13.2. The molecular weight excluding hydrogens is 449 g/mol. The highest BCUT2D eigenvalue weighted by molar-refractivity contribution is 5.99. The minimum Gasteiger partial charge on any atom is -0.355 e. The lowest BCUT2D eigenvalue weighted by atomic mass is 10.0. The molecule has 9 nitrogen and oxygen atoms in total. The summed E-state index contributed by atoms with van der Waals surface area (Å²) in [5, 5.41) is 9.42. The number of aryl methyl sites for hydroxylation is 1. The largest absolute Gasteiger partial charge is 0.433 e. The smallest absolute Gasteiger partial charge is 0.355 e. The number of halogens is 3. The van der Waals surface area contributed by atoms with Crippen LogP contribution in [0.2, 0.25) is 0 Å². The summed E-state index contributed by atoms with van der Waals surface area (Å²) in [7, 11) is 1.18. The lowest BCUT2D eigenvalue weighted by Gasteiger charge is -2.35. The molecule has 1 aromatic rings. The number of nitrogens with zero attached hydrogens (tertiary/aromatic N) is 7. The zero-order chi connectivity index (χ0) is 24.6. The first-order valence-electron chi connectivity index (χ1n) is 11.3. The molecule has 1 unspecified atom stereocenters. The molecule has 0 bridgehead atoms. The molecule has 2 atom stereocenters. The second-order valence-corrected chi connectivity index (χ2v) is 8.85. The van der Waals surface area contributed by atoms with Gasteiger partial charge in [-0.05, 0) is 38.7 Å². The first-order valence-corrected chi connectivity index (χ1v) is 11.3. The summed E-state index contributed by atoms with van der Waals surface area (Å²) in [6.07, 6.45) is 2.24. The Morgan fingerprint density at radius 2 is 2.06 bits per heavy atom. The summed E-state index contributed by atoms with van der Waals surface area (Å²) in [5.41, 5.74) is 5.80. The maximum Gasteiger partial charge on any atom is 0.433 e. The predicted molar refractivity (Wildman–Crippen MR) is 122 cm³/mol. The highest BCUT2D eigenvalue weighted by Crippen LogP contribution is 2.31. The quantitative estimate of drug-likeness (QED) is 0.674. The van der Waals surface area contributed by atoms with Crippen LogP contribution < -0.4 is 5.73 Å². The number of hydrazone groups is 1. The summed E-state index contributed by atoms with van der Waals surface area (Å²) < 4.78 is 40.3. The van der Waals surface area contributed by atoms with Gasteiger partial charge in [-0.1, -0.05) is 0 Å². The van der Waals surface area contributed by atoms with Crippen LogP contribution in [0.1, 0.15) is 48.8 Å². The van der Waals surface area contributed by atoms with Gasteiger partial charge in [0.05, 0.1) is 6.04 Å². The number of aromatic nitrogens is 2. The van der Waals surface area contributed by atoms with E-state index in [-0.39, 0.29) is 17.8 Å². The Hall–Kier alpha value is -3.15. The summed E-state index contributed by atoms with van der Waals surface area (Å²) in [6, 6.07) is 0.526. The Bertz CT molecular complexity index is 1060. The van der Waals surface area contributed by atoms with E-state index < -0.39 is 17.8 Å². The minimum absolute atomic E-state index is 0.0879. The van der Waals surface area contributed by atoms with Crippen molar-refractivity contribution >= 4 is 18.5 Å². The van der Waals surface area contributed by atoms with Gasteiger partial charge in [0.2, 0.25) is 0 Å². The molecule has 0 saturated carbocycles. The maximum absolute atomic E-state index is 13.2. The Kier molecular flexibility index (Phi) is 6.52. The van der Waals surface area contributed by atoms with Crippen molar-refractivity contribution in [3.05, 3.63) is 41.1 Å². The molecule has 3 aliphatic heterocycles. The van der Waals surface area contributed by atoms with Crippen LogP contribution in [-0.2, 0) is 13.2 Å². The van der Waals surface area contributed by atoms with Crippen LogP contribution in [0.5, 0.6) is 0 Å². The molecule has 0 radical (unpaired) electrons. The molecule has 34 heavy (non-hydrogen) atoms. The summed E-state index contributed by atoms with van der Waals surface area (Å²) >= 11 is 0. The van der Waals surface area contributed by atoms with Gasteiger partial charge in [0.15, 0.2) is 11.5 Å². The van der Waals surface area contributed by atoms with E-state index in [1.807, 2.05) is 19.2 Å². The number of carbonyl (C=O) groups excluding carboxylic acids is 1. The molecule has 3 aliphatic rings. The number of rotatable bonds is 3. The summed E-state index contributed by atoms with van der Waals surface area (Å²) in [4.78, 5) is 21.7. The molecule has 0 aromatic carbocycles. The number of hydrogen-bond donors (Lipinski definition) is 1. The summed E-state index contributed by atoms with van der Waals surface area (Å²) in [5.74, 6) is 0.771. The SMILES string of the molecule is C=NN1C=C(C)C(N2CC[C@H](N)C2)=N/C1=C/C1CCCCN1C(=O)c1cc(C(F)(F)F)n(C)n1. The van der Waals surface area contributed by atoms with E-state index >= 15 is 0 Å². The summed E-state index contributed by atoms with van der Waals surface area (Å²) in [6.45, 7) is 7.48. The monoisotopic (exact) mass is 478 g/mol. The Balaban J connectivity index is 1.63. The van der Waals surface area contributed by atoms with E-state index in [0.29, 0.717) is 30.0 Å². The molecule has 4 rings (SSSR count). The number of amidine groups is 1. The standard InChI is InChI=1S/C22H29F3N8O/c1-14-12-33(27-2)19(28-20(14)31-9-7-15(26)13-31)10-16-6-4-5-8-32(16)21(34)17-11-18(22(23,24)25)30(3)29-17/h10-12,15-16H,2,4-9,13,26H2,1,3H3/b19-10-/t15-,16?/m0/s1. The average Bonchev–Trinajstić information content (AvgIpc) is 3.40. The fourth-order valence-electron chi connectivity index (χ4n) is 4.62. The van der Waals surface area contributed by atoms with E-state index in [1.54, 1.807) is 9.91 Å². The molecule has 0 spiro atoms. The van der Waals surface area contributed by atoms with Gasteiger partial charge in [-0.3, -0.25) is 9.48 Å². The van der Waals surface area contributed by atoms with Gasteiger partial charge in [0, 0.05) is 57.3 Å². The van der Waals surface area contributed by atoms with Crippen molar-refractivity contribution in [1.29, 1.82) is 0 Å². The van der Waals surface area contributed by atoms with Crippen LogP contribution in [0, 0.1) is 0 Å². The van der Waals surface area contributed by atoms with E-state index in [0.717, 1.165) is 43.3 Å². The van der Waals surface area contributed by atoms with E-state index in [9.17, 15) is 18.0 Å². The number of alkyl halides is 3. The first-order chi connectivity index (χ1) is 16.1. The van der Waals surface area contributed by atoms with Crippen molar-refractivity contribution in [2.75, 3.05) is 19.6 Å². The van der Waals surface area contributed by atoms with Gasteiger partial charge in [0.25, 0.3) is 5.91 Å². The number of likely N-dealkylation sites (tertiary alicyclic amines) is 2. The van der Waals surface area contributed by atoms with E-state index in [1.165, 1.54) is 7.05 Å². The molecule has 2 N–H and O–H groups in total. The lowest BCUT2D eigenvalue weighted by molar-refractivity contribution is -0.143. The lowest BCUT2D eigenvalue weighted by Crippen LogP contribution is -2.43. The normalized spacial score (nSPS) is 25.0. The van der Waals surface area contributed by atoms with Crippen LogP contribution in [0.25, 0.3) is 0 Å². The third-order valence-electron chi connectivity index (χ3n) is 6.34. The Morgan fingerprint density at radius 1 is 1.29 bits per heavy atom. The fraction of sp³-hybridized carbons (Fsp3) is 0.545. The van der Waals surface area contributed by atoms with Gasteiger partial charge in [-0.15, -0.1) is 0 Å². The van der Waals surface area contributed by atoms with Gasteiger partial charge in [-0.2, -0.15) is 23.4 Å². The van der Waals surface area contributed by atoms with Crippen LogP contribution in [0.3, 0.4) is 0 Å².